The molecule has 0 fully saturated rings. The lowest BCUT2D eigenvalue weighted by molar-refractivity contribution is 0.771. The van der Waals surface area contributed by atoms with Gasteiger partial charge in [0.2, 0.25) is 0 Å². The lowest BCUT2D eigenvalue weighted by atomic mass is 10.2. The lowest BCUT2D eigenvalue weighted by Gasteiger charge is -2.07. The molecule has 0 saturated heterocycles. The zero-order chi connectivity index (χ0) is 11.7. The van der Waals surface area contributed by atoms with E-state index < -0.39 is 0 Å². The van der Waals surface area contributed by atoms with Gasteiger partial charge < -0.3 is 0 Å². The second kappa shape index (κ2) is 4.94. The maximum atomic E-state index is 4.57. The molecule has 0 bridgehead atoms. The Balaban J connectivity index is 2.54. The third kappa shape index (κ3) is 2.52. The van der Waals surface area contributed by atoms with E-state index in [9.17, 15) is 0 Å². The van der Waals surface area contributed by atoms with Crippen LogP contribution in [0, 0.1) is 0 Å². The molecule has 0 aliphatic heterocycles. The Bertz CT molecular complexity index is 508. The van der Waals surface area contributed by atoms with Crippen LogP contribution in [0.1, 0.15) is 25.6 Å². The summed E-state index contributed by atoms with van der Waals surface area (Å²) in [6, 6.07) is 1.94. The molecule has 0 aliphatic carbocycles. The first kappa shape index (κ1) is 12.2. The molecule has 84 valence electrons. The number of aromatic nitrogens is 2. The first-order chi connectivity index (χ1) is 7.58. The van der Waals surface area contributed by atoms with Crippen LogP contribution in [0.4, 0.5) is 0 Å². The highest BCUT2D eigenvalue weighted by Crippen LogP contribution is 2.32. The minimum atomic E-state index is 0.327. The van der Waals surface area contributed by atoms with Crippen molar-refractivity contribution in [1.82, 2.24) is 9.97 Å². The van der Waals surface area contributed by atoms with Crippen LogP contribution in [0.2, 0.25) is 0 Å². The van der Waals surface area contributed by atoms with Gasteiger partial charge in [-0.15, -0.1) is 0 Å². The second-order valence-corrected chi connectivity index (χ2v) is 6.13. The molecule has 0 atom stereocenters. The zero-order valence-corrected chi connectivity index (χ0v) is 12.9. The van der Waals surface area contributed by atoms with Crippen LogP contribution in [0.25, 0.3) is 11.3 Å². The van der Waals surface area contributed by atoms with Crippen molar-refractivity contribution in [3.63, 3.8) is 0 Å². The molecule has 0 aromatic carbocycles. The summed E-state index contributed by atoms with van der Waals surface area (Å²) in [5, 5.41) is 4.14. The average Bonchev–Trinajstić information content (AvgIpc) is 2.63. The highest BCUT2D eigenvalue weighted by molar-refractivity contribution is 9.10. The van der Waals surface area contributed by atoms with Gasteiger partial charge in [0.15, 0.2) is 0 Å². The Morgan fingerprint density at radius 2 is 1.94 bits per heavy atom. The van der Waals surface area contributed by atoms with E-state index in [1.54, 1.807) is 11.3 Å². The summed E-state index contributed by atoms with van der Waals surface area (Å²) < 4.78 is 1.91. The van der Waals surface area contributed by atoms with Crippen molar-refractivity contribution in [3.8, 4) is 11.3 Å². The van der Waals surface area contributed by atoms with Crippen LogP contribution in [0.3, 0.4) is 0 Å². The van der Waals surface area contributed by atoms with Crippen molar-refractivity contribution >= 4 is 43.2 Å². The molecule has 0 spiro atoms. The molecule has 0 unspecified atom stereocenters. The minimum absolute atomic E-state index is 0.327. The number of thiophene rings is 1. The van der Waals surface area contributed by atoms with Crippen molar-refractivity contribution in [2.45, 2.75) is 19.8 Å². The summed E-state index contributed by atoms with van der Waals surface area (Å²) >= 11 is 8.61. The van der Waals surface area contributed by atoms with Crippen molar-refractivity contribution in [1.29, 1.82) is 0 Å². The van der Waals surface area contributed by atoms with Gasteiger partial charge in [0.1, 0.15) is 10.4 Å². The molecule has 2 nitrogen and oxygen atoms in total. The number of hydrogen-bond acceptors (Lipinski definition) is 3. The van der Waals surface area contributed by atoms with E-state index in [4.69, 9.17) is 0 Å². The highest BCUT2D eigenvalue weighted by atomic mass is 79.9. The normalized spacial score (nSPS) is 11.1. The maximum absolute atomic E-state index is 4.57. The van der Waals surface area contributed by atoms with E-state index >= 15 is 0 Å². The van der Waals surface area contributed by atoms with Crippen molar-refractivity contribution in [2.75, 3.05) is 0 Å². The molecule has 2 heterocycles. The number of hydrogen-bond donors (Lipinski definition) is 0. The average molecular weight is 362 g/mol. The molecule has 2 aromatic heterocycles. The summed E-state index contributed by atoms with van der Waals surface area (Å²) in [5.74, 6) is 1.19. The third-order valence-corrected chi connectivity index (χ3v) is 4.23. The monoisotopic (exact) mass is 360 g/mol. The first-order valence-electron chi connectivity index (χ1n) is 4.84. The summed E-state index contributed by atoms with van der Waals surface area (Å²) in [6.07, 6.45) is 0. The minimum Gasteiger partial charge on any atom is -0.232 e. The standard InChI is InChI=1S/C11H10Br2N2S/c1-6(2)11-14-9(3-10(13)15-11)7-4-16-5-8(7)12/h3-6H,1-2H3. The van der Waals surface area contributed by atoms with Gasteiger partial charge in [-0.3, -0.25) is 0 Å². The molecule has 0 aliphatic rings. The van der Waals surface area contributed by atoms with Crippen LogP contribution < -0.4 is 0 Å². The fourth-order valence-electron chi connectivity index (χ4n) is 1.30. The Morgan fingerprint density at radius 1 is 1.19 bits per heavy atom. The third-order valence-electron chi connectivity index (χ3n) is 2.12. The predicted molar refractivity (Wildman–Crippen MR) is 74.8 cm³/mol. The SMILES string of the molecule is CC(C)c1nc(Br)cc(-c2cscc2Br)n1. The smallest absolute Gasteiger partial charge is 0.132 e. The van der Waals surface area contributed by atoms with E-state index in [1.807, 2.05) is 6.07 Å². The molecule has 0 N–H and O–H groups in total. The van der Waals surface area contributed by atoms with Crippen LogP contribution in [-0.2, 0) is 0 Å². The number of nitrogens with zero attached hydrogens (tertiary/aromatic N) is 2. The molecule has 16 heavy (non-hydrogen) atoms. The maximum Gasteiger partial charge on any atom is 0.132 e. The van der Waals surface area contributed by atoms with E-state index in [0.29, 0.717) is 5.92 Å². The number of rotatable bonds is 2. The summed E-state index contributed by atoms with van der Waals surface area (Å²) in [5.41, 5.74) is 2.08. The molecule has 0 saturated carbocycles. The Labute approximate surface area is 115 Å². The van der Waals surface area contributed by atoms with E-state index in [2.05, 4.69) is 66.4 Å². The van der Waals surface area contributed by atoms with E-state index in [0.717, 1.165) is 26.2 Å². The molecule has 2 rings (SSSR count). The van der Waals surface area contributed by atoms with Gasteiger partial charge in [-0.1, -0.05) is 13.8 Å². The fraction of sp³-hybridized carbons (Fsp3) is 0.273. The number of halogens is 2. The van der Waals surface area contributed by atoms with E-state index in [-0.39, 0.29) is 0 Å². The summed E-state index contributed by atoms with van der Waals surface area (Å²) in [7, 11) is 0. The van der Waals surface area contributed by atoms with Crippen LogP contribution in [0.5, 0.6) is 0 Å². The van der Waals surface area contributed by atoms with Crippen molar-refractivity contribution < 1.29 is 0 Å². The quantitative estimate of drug-likeness (QED) is 0.714. The Hall–Kier alpha value is -0.260. The highest BCUT2D eigenvalue weighted by Gasteiger charge is 2.11. The van der Waals surface area contributed by atoms with Gasteiger partial charge >= 0.3 is 0 Å². The predicted octanol–water partition coefficient (Wildman–Crippen LogP) is 4.85. The summed E-state index contributed by atoms with van der Waals surface area (Å²) in [4.78, 5) is 8.94. The molecule has 2 aromatic rings. The van der Waals surface area contributed by atoms with Gasteiger partial charge in [-0.25, -0.2) is 9.97 Å². The van der Waals surface area contributed by atoms with Crippen molar-refractivity contribution in [3.05, 3.63) is 31.7 Å². The zero-order valence-electron chi connectivity index (χ0n) is 8.87. The fourth-order valence-corrected chi connectivity index (χ4v) is 3.19. The Morgan fingerprint density at radius 3 is 2.50 bits per heavy atom. The summed E-state index contributed by atoms with van der Waals surface area (Å²) in [6.45, 7) is 4.18. The van der Waals surface area contributed by atoms with Gasteiger partial charge in [0.05, 0.1) is 5.69 Å². The van der Waals surface area contributed by atoms with Crippen molar-refractivity contribution in [2.24, 2.45) is 0 Å². The lowest BCUT2D eigenvalue weighted by Crippen LogP contribution is -1.99. The molecule has 0 amide bonds. The Kier molecular flexibility index (Phi) is 3.77. The molecular weight excluding hydrogens is 352 g/mol. The van der Waals surface area contributed by atoms with Gasteiger partial charge in [-0.2, -0.15) is 11.3 Å². The van der Waals surface area contributed by atoms with Gasteiger partial charge in [0, 0.05) is 26.7 Å². The molecule has 5 heteroatoms. The molecule has 0 radical (unpaired) electrons. The van der Waals surface area contributed by atoms with Gasteiger partial charge in [0.25, 0.3) is 0 Å². The van der Waals surface area contributed by atoms with Crippen LogP contribution in [0.15, 0.2) is 25.9 Å². The molecular formula is C11H10Br2N2S. The largest absolute Gasteiger partial charge is 0.232 e. The van der Waals surface area contributed by atoms with Crippen LogP contribution >= 0.6 is 43.2 Å². The van der Waals surface area contributed by atoms with Gasteiger partial charge in [-0.05, 0) is 37.9 Å². The topological polar surface area (TPSA) is 25.8 Å². The second-order valence-electron chi connectivity index (χ2n) is 3.72. The van der Waals surface area contributed by atoms with Crippen LogP contribution in [-0.4, -0.2) is 9.97 Å². The first-order valence-corrected chi connectivity index (χ1v) is 7.37. The van der Waals surface area contributed by atoms with E-state index in [1.165, 1.54) is 0 Å².